The summed E-state index contributed by atoms with van der Waals surface area (Å²) in [5.41, 5.74) is 0.0887. The maximum atomic E-state index is 11.6. The van der Waals surface area contributed by atoms with Crippen LogP contribution in [0.5, 0.6) is 0 Å². The maximum absolute atomic E-state index is 11.6. The minimum Gasteiger partial charge on any atom is -0.384 e. The van der Waals surface area contributed by atoms with E-state index in [-0.39, 0.29) is 30.2 Å². The summed E-state index contributed by atoms with van der Waals surface area (Å²) in [6.07, 6.45) is 2.03. The van der Waals surface area contributed by atoms with Crippen LogP contribution < -0.4 is 10.0 Å². The van der Waals surface area contributed by atoms with Gasteiger partial charge in [-0.25, -0.2) is 13.1 Å². The lowest BCUT2D eigenvalue weighted by molar-refractivity contribution is 0.215. The van der Waals surface area contributed by atoms with Crippen molar-refractivity contribution in [3.05, 3.63) is 0 Å². The van der Waals surface area contributed by atoms with Crippen molar-refractivity contribution in [3.8, 4) is 0 Å². The zero-order valence-electron chi connectivity index (χ0n) is 10.5. The monoisotopic (exact) mass is 286 g/mol. The first-order chi connectivity index (χ1) is 7.47. The van der Waals surface area contributed by atoms with Gasteiger partial charge in [0.05, 0.1) is 12.4 Å². The van der Waals surface area contributed by atoms with Crippen LogP contribution in [-0.4, -0.2) is 47.5 Å². The van der Waals surface area contributed by atoms with E-state index < -0.39 is 10.0 Å². The highest BCUT2D eigenvalue weighted by molar-refractivity contribution is 7.89. The van der Waals surface area contributed by atoms with Gasteiger partial charge >= 0.3 is 0 Å². The predicted molar refractivity (Wildman–Crippen MR) is 71.1 cm³/mol. The molecule has 104 valence electrons. The summed E-state index contributed by atoms with van der Waals surface area (Å²) < 4.78 is 30.6. The van der Waals surface area contributed by atoms with Crippen molar-refractivity contribution in [3.63, 3.8) is 0 Å². The number of methoxy groups -OCH3 is 1. The molecule has 5 nitrogen and oxygen atoms in total. The molecule has 0 bridgehead atoms. The van der Waals surface area contributed by atoms with E-state index in [2.05, 4.69) is 17.0 Å². The van der Waals surface area contributed by atoms with Gasteiger partial charge in [0.25, 0.3) is 0 Å². The second-order valence-electron chi connectivity index (χ2n) is 4.69. The predicted octanol–water partition coefficient (Wildman–Crippen LogP) is 0.364. The molecular formula is C10H23ClN2O3S. The van der Waals surface area contributed by atoms with E-state index in [1.54, 1.807) is 0 Å². The summed E-state index contributed by atoms with van der Waals surface area (Å²) >= 11 is 0. The first-order valence-electron chi connectivity index (χ1n) is 5.64. The third-order valence-electron chi connectivity index (χ3n) is 3.09. The molecule has 1 saturated heterocycles. The normalized spacial score (nSPS) is 19.6. The summed E-state index contributed by atoms with van der Waals surface area (Å²) in [6.45, 7) is 4.84. The SMILES string of the molecule is COCCS(=O)(=O)NCC1(C)CCNCC1.Cl. The van der Waals surface area contributed by atoms with E-state index in [0.29, 0.717) is 6.54 Å². The van der Waals surface area contributed by atoms with Crippen LogP contribution in [0.25, 0.3) is 0 Å². The highest BCUT2D eigenvalue weighted by Crippen LogP contribution is 2.26. The molecule has 1 aliphatic rings. The zero-order valence-corrected chi connectivity index (χ0v) is 12.1. The zero-order chi connectivity index (χ0) is 12.1. The van der Waals surface area contributed by atoms with Crippen molar-refractivity contribution in [1.29, 1.82) is 0 Å². The van der Waals surface area contributed by atoms with Gasteiger partial charge in [0.15, 0.2) is 0 Å². The van der Waals surface area contributed by atoms with E-state index in [4.69, 9.17) is 4.74 Å². The minimum absolute atomic E-state index is 0. The molecule has 0 aromatic carbocycles. The van der Waals surface area contributed by atoms with Crippen molar-refractivity contribution < 1.29 is 13.2 Å². The molecule has 0 amide bonds. The topological polar surface area (TPSA) is 67.4 Å². The fourth-order valence-corrected chi connectivity index (χ4v) is 2.86. The van der Waals surface area contributed by atoms with Gasteiger partial charge in [0, 0.05) is 13.7 Å². The quantitative estimate of drug-likeness (QED) is 0.740. The molecule has 0 aliphatic carbocycles. The number of sulfonamides is 1. The standard InChI is InChI=1S/C10H22N2O3S.ClH/c1-10(3-5-11-6-4-10)9-12-16(13,14)8-7-15-2;/h11-12H,3-9H2,1-2H3;1H. The van der Waals surface area contributed by atoms with Gasteiger partial charge in [0.1, 0.15) is 0 Å². The summed E-state index contributed by atoms with van der Waals surface area (Å²) in [5, 5.41) is 3.27. The van der Waals surface area contributed by atoms with E-state index in [9.17, 15) is 8.42 Å². The summed E-state index contributed by atoms with van der Waals surface area (Å²) in [5.74, 6) is 0.0395. The van der Waals surface area contributed by atoms with Crippen LogP contribution in [0.2, 0.25) is 0 Å². The molecule has 0 aromatic heterocycles. The van der Waals surface area contributed by atoms with Gasteiger partial charge in [0.2, 0.25) is 10.0 Å². The lowest BCUT2D eigenvalue weighted by Gasteiger charge is -2.34. The van der Waals surface area contributed by atoms with Crippen LogP contribution in [0.3, 0.4) is 0 Å². The van der Waals surface area contributed by atoms with Crippen molar-refractivity contribution in [2.75, 3.05) is 39.1 Å². The average molecular weight is 287 g/mol. The highest BCUT2D eigenvalue weighted by Gasteiger charge is 2.28. The molecule has 1 rings (SSSR count). The Balaban J connectivity index is 0.00000256. The van der Waals surface area contributed by atoms with Crippen LogP contribution in [-0.2, 0) is 14.8 Å². The first-order valence-corrected chi connectivity index (χ1v) is 7.30. The van der Waals surface area contributed by atoms with Crippen LogP contribution in [0, 0.1) is 5.41 Å². The van der Waals surface area contributed by atoms with Crippen LogP contribution >= 0.6 is 12.4 Å². The molecule has 0 saturated carbocycles. The van der Waals surface area contributed by atoms with Crippen LogP contribution in [0.15, 0.2) is 0 Å². The number of halogens is 1. The minimum atomic E-state index is -3.18. The second kappa shape index (κ2) is 7.53. The fourth-order valence-electron chi connectivity index (χ4n) is 1.76. The molecular weight excluding hydrogens is 264 g/mol. The Hall–Kier alpha value is 0.120. The average Bonchev–Trinajstić information content (AvgIpc) is 2.25. The number of rotatable bonds is 6. The van der Waals surface area contributed by atoms with Crippen molar-refractivity contribution in [2.45, 2.75) is 19.8 Å². The molecule has 0 spiro atoms. The Labute approximate surface area is 110 Å². The Kier molecular flexibility index (Phi) is 7.58. The number of nitrogens with one attached hydrogen (secondary N) is 2. The van der Waals surface area contributed by atoms with Gasteiger partial charge in [-0.05, 0) is 31.3 Å². The summed E-state index contributed by atoms with van der Waals surface area (Å²) in [7, 11) is -1.67. The molecule has 17 heavy (non-hydrogen) atoms. The van der Waals surface area contributed by atoms with Crippen LogP contribution in [0.1, 0.15) is 19.8 Å². The van der Waals surface area contributed by atoms with Gasteiger partial charge < -0.3 is 10.1 Å². The molecule has 0 radical (unpaired) electrons. The smallest absolute Gasteiger partial charge is 0.213 e. The Morgan fingerprint density at radius 3 is 2.47 bits per heavy atom. The van der Waals surface area contributed by atoms with Gasteiger partial charge in [-0.2, -0.15) is 0 Å². The fraction of sp³-hybridized carbons (Fsp3) is 1.00. The Morgan fingerprint density at radius 2 is 1.94 bits per heavy atom. The van der Waals surface area contributed by atoms with E-state index in [1.165, 1.54) is 7.11 Å². The van der Waals surface area contributed by atoms with Crippen LogP contribution in [0.4, 0.5) is 0 Å². The number of hydrogen-bond acceptors (Lipinski definition) is 4. The van der Waals surface area contributed by atoms with Crippen molar-refractivity contribution in [1.82, 2.24) is 10.0 Å². The molecule has 1 aliphatic heterocycles. The van der Waals surface area contributed by atoms with Gasteiger partial charge in [-0.3, -0.25) is 0 Å². The largest absolute Gasteiger partial charge is 0.384 e. The Bertz CT molecular complexity index is 303. The molecule has 2 N–H and O–H groups in total. The molecule has 1 fully saturated rings. The van der Waals surface area contributed by atoms with Crippen molar-refractivity contribution >= 4 is 22.4 Å². The highest BCUT2D eigenvalue weighted by atomic mass is 35.5. The van der Waals surface area contributed by atoms with E-state index in [1.807, 2.05) is 0 Å². The number of ether oxygens (including phenoxy) is 1. The first kappa shape index (κ1) is 17.1. The number of hydrogen-bond donors (Lipinski definition) is 2. The molecule has 0 atom stereocenters. The maximum Gasteiger partial charge on any atom is 0.213 e. The molecule has 1 heterocycles. The summed E-state index contributed by atoms with van der Waals surface area (Å²) in [6, 6.07) is 0. The third-order valence-corrected chi connectivity index (χ3v) is 4.37. The Morgan fingerprint density at radius 1 is 1.35 bits per heavy atom. The lowest BCUT2D eigenvalue weighted by atomic mass is 9.81. The van der Waals surface area contributed by atoms with E-state index >= 15 is 0 Å². The lowest BCUT2D eigenvalue weighted by Crippen LogP contribution is -2.43. The molecule has 7 heteroatoms. The summed E-state index contributed by atoms with van der Waals surface area (Å²) in [4.78, 5) is 0. The molecule has 0 unspecified atom stereocenters. The van der Waals surface area contributed by atoms with E-state index in [0.717, 1.165) is 25.9 Å². The van der Waals surface area contributed by atoms with Gasteiger partial charge in [-0.15, -0.1) is 12.4 Å². The molecule has 0 aromatic rings. The number of piperidine rings is 1. The second-order valence-corrected chi connectivity index (χ2v) is 6.62. The van der Waals surface area contributed by atoms with Gasteiger partial charge in [-0.1, -0.05) is 6.92 Å². The third kappa shape index (κ3) is 6.57. The van der Waals surface area contributed by atoms with Crippen molar-refractivity contribution in [2.24, 2.45) is 5.41 Å².